The molecule has 0 amide bonds. The second-order valence-electron chi connectivity index (χ2n) is 2.76. The molecule has 2 atom stereocenters. The predicted octanol–water partition coefficient (Wildman–Crippen LogP) is 1.61. The van der Waals surface area contributed by atoms with Crippen LogP contribution in [0.3, 0.4) is 0 Å². The van der Waals surface area contributed by atoms with Crippen molar-refractivity contribution in [2.24, 2.45) is 5.73 Å². The van der Waals surface area contributed by atoms with Gasteiger partial charge in [-0.05, 0) is 12.2 Å². The quantitative estimate of drug-likeness (QED) is 0.538. The second-order valence-corrected chi connectivity index (χ2v) is 2.76. The van der Waals surface area contributed by atoms with Crippen molar-refractivity contribution in [3.05, 3.63) is 36.7 Å². The van der Waals surface area contributed by atoms with Crippen molar-refractivity contribution >= 4 is 0 Å². The van der Waals surface area contributed by atoms with Gasteiger partial charge in [-0.3, -0.25) is 5.73 Å². The second kappa shape index (κ2) is 3.81. The Hall–Kier alpha value is -1.00. The molecule has 72 valence electrons. The van der Waals surface area contributed by atoms with Gasteiger partial charge in [0.05, 0.1) is 6.61 Å². The maximum atomic E-state index is 13.4. The van der Waals surface area contributed by atoms with E-state index in [2.05, 4.69) is 6.58 Å². The maximum absolute atomic E-state index is 13.4. The third-order valence-electron chi connectivity index (χ3n) is 1.62. The monoisotopic (exact) mass is 187 g/mol. The molecule has 4 heteroatoms. The van der Waals surface area contributed by atoms with Gasteiger partial charge in [0.2, 0.25) is 5.79 Å². The van der Waals surface area contributed by atoms with Crippen LogP contribution in [0.25, 0.3) is 0 Å². The molecule has 0 saturated heterocycles. The fraction of sp³-hybridized carbons (Fsp3) is 0.333. The molecule has 0 aromatic heterocycles. The lowest BCUT2D eigenvalue weighted by Crippen LogP contribution is -2.46. The number of allylic oxidation sites excluding steroid dienone is 2. The molecule has 0 spiro atoms. The van der Waals surface area contributed by atoms with Gasteiger partial charge in [-0.25, -0.2) is 8.78 Å². The predicted molar refractivity (Wildman–Crippen MR) is 46.3 cm³/mol. The van der Waals surface area contributed by atoms with E-state index >= 15 is 0 Å². The van der Waals surface area contributed by atoms with Gasteiger partial charge in [-0.1, -0.05) is 6.08 Å². The van der Waals surface area contributed by atoms with Crippen molar-refractivity contribution in [1.82, 2.24) is 0 Å². The minimum absolute atomic E-state index is 0.174. The van der Waals surface area contributed by atoms with Crippen LogP contribution in [0.2, 0.25) is 0 Å². The van der Waals surface area contributed by atoms with Crippen molar-refractivity contribution in [3.63, 3.8) is 0 Å². The normalized spacial score (nSPS) is 32.8. The Bertz CT molecular complexity index is 258. The molecule has 0 radical (unpaired) electrons. The standard InChI is InChI=1S/C9H11F2NO/c1-2-5-13-8-4-3-7(10)6-9(8,11)12/h2-4,6,8H,1,5,12H2. The Kier molecular flexibility index (Phi) is 2.95. The molecule has 0 saturated carbocycles. The lowest BCUT2D eigenvalue weighted by molar-refractivity contribution is 0.00523. The SMILES string of the molecule is C=CCOC1C=CC(F)=CC1(N)F. The number of alkyl halides is 1. The number of halogens is 2. The van der Waals surface area contributed by atoms with Crippen molar-refractivity contribution in [2.45, 2.75) is 11.9 Å². The summed E-state index contributed by atoms with van der Waals surface area (Å²) in [7, 11) is 0. The Balaban J connectivity index is 2.67. The Morgan fingerprint density at radius 2 is 2.46 bits per heavy atom. The van der Waals surface area contributed by atoms with Crippen LogP contribution in [0, 0.1) is 0 Å². The van der Waals surface area contributed by atoms with E-state index in [9.17, 15) is 8.78 Å². The lowest BCUT2D eigenvalue weighted by atomic mass is 10.0. The van der Waals surface area contributed by atoms with Gasteiger partial charge in [-0.2, -0.15) is 0 Å². The van der Waals surface area contributed by atoms with E-state index in [1.165, 1.54) is 12.2 Å². The number of rotatable bonds is 3. The summed E-state index contributed by atoms with van der Waals surface area (Å²) in [5.41, 5.74) is 5.16. The van der Waals surface area contributed by atoms with Gasteiger partial charge in [0.15, 0.2) is 0 Å². The molecule has 0 bridgehead atoms. The smallest absolute Gasteiger partial charge is 0.210 e. The fourth-order valence-electron chi connectivity index (χ4n) is 1.02. The van der Waals surface area contributed by atoms with Crippen LogP contribution >= 0.6 is 0 Å². The van der Waals surface area contributed by atoms with Crippen LogP contribution in [0.5, 0.6) is 0 Å². The number of nitrogens with two attached hydrogens (primary N) is 1. The molecule has 2 unspecified atom stereocenters. The molecule has 0 aliphatic heterocycles. The van der Waals surface area contributed by atoms with Crippen LogP contribution in [0.1, 0.15) is 0 Å². The summed E-state index contributed by atoms with van der Waals surface area (Å²) in [5, 5.41) is 0. The Labute approximate surface area is 75.4 Å². The molecule has 2 N–H and O–H groups in total. The van der Waals surface area contributed by atoms with Gasteiger partial charge in [-0.15, -0.1) is 6.58 Å². The van der Waals surface area contributed by atoms with E-state index in [-0.39, 0.29) is 6.61 Å². The first-order chi connectivity index (χ1) is 6.06. The molecule has 2 nitrogen and oxygen atoms in total. The molecular formula is C9H11F2NO. The van der Waals surface area contributed by atoms with Gasteiger partial charge < -0.3 is 4.74 Å². The minimum Gasteiger partial charge on any atom is -0.365 e. The molecule has 1 aliphatic rings. The maximum Gasteiger partial charge on any atom is 0.210 e. The highest BCUT2D eigenvalue weighted by Gasteiger charge is 2.34. The van der Waals surface area contributed by atoms with Crippen LogP contribution in [-0.4, -0.2) is 18.5 Å². The van der Waals surface area contributed by atoms with E-state index in [1.807, 2.05) is 0 Å². The molecular weight excluding hydrogens is 176 g/mol. The van der Waals surface area contributed by atoms with Gasteiger partial charge in [0.25, 0.3) is 0 Å². The van der Waals surface area contributed by atoms with E-state index in [1.54, 1.807) is 0 Å². The topological polar surface area (TPSA) is 35.2 Å². The first-order valence-corrected chi connectivity index (χ1v) is 3.83. The zero-order valence-electron chi connectivity index (χ0n) is 7.04. The van der Waals surface area contributed by atoms with Crippen LogP contribution in [0.15, 0.2) is 36.7 Å². The van der Waals surface area contributed by atoms with Gasteiger partial charge in [0.1, 0.15) is 11.9 Å². The van der Waals surface area contributed by atoms with E-state index < -0.39 is 17.7 Å². The summed E-state index contributed by atoms with van der Waals surface area (Å²) in [6, 6.07) is 0. The average molecular weight is 187 g/mol. The van der Waals surface area contributed by atoms with E-state index in [0.29, 0.717) is 6.08 Å². The number of hydrogen-bond acceptors (Lipinski definition) is 2. The zero-order chi connectivity index (χ0) is 9.90. The summed E-state index contributed by atoms with van der Waals surface area (Å²) >= 11 is 0. The summed E-state index contributed by atoms with van der Waals surface area (Å²) in [5.74, 6) is -2.97. The fourth-order valence-corrected chi connectivity index (χ4v) is 1.02. The Morgan fingerprint density at radius 3 is 3.00 bits per heavy atom. The minimum atomic E-state index is -2.28. The van der Waals surface area contributed by atoms with E-state index in [4.69, 9.17) is 10.5 Å². The van der Waals surface area contributed by atoms with Crippen LogP contribution in [-0.2, 0) is 4.74 Å². The van der Waals surface area contributed by atoms with Gasteiger partial charge in [0, 0.05) is 6.08 Å². The summed E-state index contributed by atoms with van der Waals surface area (Å²) in [6.45, 7) is 3.58. The third kappa shape index (κ3) is 2.47. The van der Waals surface area contributed by atoms with Gasteiger partial charge >= 0.3 is 0 Å². The molecule has 1 aliphatic carbocycles. The van der Waals surface area contributed by atoms with Crippen molar-refractivity contribution < 1.29 is 13.5 Å². The zero-order valence-corrected chi connectivity index (χ0v) is 7.04. The molecule has 13 heavy (non-hydrogen) atoms. The highest BCUT2D eigenvalue weighted by Crippen LogP contribution is 2.23. The number of hydrogen-bond donors (Lipinski definition) is 1. The largest absolute Gasteiger partial charge is 0.365 e. The van der Waals surface area contributed by atoms with Crippen molar-refractivity contribution in [1.29, 1.82) is 0 Å². The summed E-state index contributed by atoms with van der Waals surface area (Å²) < 4.78 is 30.9. The summed E-state index contributed by atoms with van der Waals surface area (Å²) in [6.07, 6.45) is 3.58. The third-order valence-corrected chi connectivity index (χ3v) is 1.62. The highest BCUT2D eigenvalue weighted by atomic mass is 19.2. The van der Waals surface area contributed by atoms with Crippen LogP contribution < -0.4 is 5.73 Å². The van der Waals surface area contributed by atoms with E-state index in [0.717, 1.165) is 6.08 Å². The van der Waals surface area contributed by atoms with Crippen LogP contribution in [0.4, 0.5) is 8.78 Å². The number of ether oxygens (including phenoxy) is 1. The molecule has 1 rings (SSSR count). The Morgan fingerprint density at radius 1 is 1.77 bits per heavy atom. The molecule has 0 aromatic carbocycles. The first kappa shape index (κ1) is 10.1. The highest BCUT2D eigenvalue weighted by molar-refractivity contribution is 5.26. The molecule has 0 aromatic rings. The average Bonchev–Trinajstić information content (AvgIpc) is 2.01. The van der Waals surface area contributed by atoms with Crippen molar-refractivity contribution in [2.75, 3.05) is 6.61 Å². The summed E-state index contributed by atoms with van der Waals surface area (Å²) in [4.78, 5) is 0. The molecule has 0 fully saturated rings. The van der Waals surface area contributed by atoms with Crippen molar-refractivity contribution in [3.8, 4) is 0 Å². The molecule has 0 heterocycles. The lowest BCUT2D eigenvalue weighted by Gasteiger charge is -2.26. The first-order valence-electron chi connectivity index (χ1n) is 3.83.